The Morgan fingerprint density at radius 3 is 2.76 bits per heavy atom. The van der Waals surface area contributed by atoms with E-state index in [-0.39, 0.29) is 0 Å². The SMILES string of the molecule is N#C/C(=C(/Cl)c1sccc1Cl)c1cccnc1. The lowest BCUT2D eigenvalue weighted by atomic mass is 10.1. The standard InChI is InChI=1S/C12H6Cl2N2S/c13-10-3-5-17-12(10)11(14)9(6-15)8-2-1-4-16-7-8/h1-5,7H/b11-9-. The first-order valence-electron chi connectivity index (χ1n) is 4.67. The Bertz CT molecular complexity index is 596. The number of nitrogens with zero attached hydrogens (tertiary/aromatic N) is 2. The first-order valence-corrected chi connectivity index (χ1v) is 6.31. The number of hydrogen-bond acceptors (Lipinski definition) is 3. The largest absolute Gasteiger partial charge is 0.264 e. The molecule has 2 rings (SSSR count). The molecular formula is C12H6Cl2N2S. The molecule has 2 aromatic heterocycles. The van der Waals surface area contributed by atoms with E-state index in [1.807, 2.05) is 5.38 Å². The van der Waals surface area contributed by atoms with Crippen LogP contribution in [0.4, 0.5) is 0 Å². The highest BCUT2D eigenvalue weighted by Crippen LogP contribution is 2.36. The second-order valence-corrected chi connectivity index (χ2v) is 4.84. The Balaban J connectivity index is 2.57. The first kappa shape index (κ1) is 12.1. The van der Waals surface area contributed by atoms with Crippen LogP contribution in [0.15, 0.2) is 36.0 Å². The van der Waals surface area contributed by atoms with Crippen LogP contribution < -0.4 is 0 Å². The van der Waals surface area contributed by atoms with E-state index < -0.39 is 0 Å². The van der Waals surface area contributed by atoms with Crippen molar-refractivity contribution in [3.05, 3.63) is 51.4 Å². The predicted octanol–water partition coefficient (Wildman–Crippen LogP) is 4.43. The normalized spacial score (nSPS) is 11.8. The molecule has 2 heterocycles. The second kappa shape index (κ2) is 5.33. The van der Waals surface area contributed by atoms with Gasteiger partial charge >= 0.3 is 0 Å². The average Bonchev–Trinajstić information content (AvgIpc) is 2.77. The molecule has 0 aliphatic carbocycles. The van der Waals surface area contributed by atoms with Crippen LogP contribution in [0, 0.1) is 11.3 Å². The molecule has 0 saturated carbocycles. The summed E-state index contributed by atoms with van der Waals surface area (Å²) in [6.45, 7) is 0. The lowest BCUT2D eigenvalue weighted by molar-refractivity contribution is 1.31. The van der Waals surface area contributed by atoms with E-state index in [1.165, 1.54) is 11.3 Å². The third kappa shape index (κ3) is 2.50. The maximum atomic E-state index is 9.18. The molecule has 0 fully saturated rings. The van der Waals surface area contributed by atoms with Crippen molar-refractivity contribution < 1.29 is 0 Å². The predicted molar refractivity (Wildman–Crippen MR) is 71.8 cm³/mol. The molecule has 17 heavy (non-hydrogen) atoms. The van der Waals surface area contributed by atoms with Gasteiger partial charge in [0, 0.05) is 18.0 Å². The molecule has 0 unspecified atom stereocenters. The number of rotatable bonds is 2. The zero-order valence-corrected chi connectivity index (χ0v) is 10.9. The number of allylic oxidation sites excluding steroid dienone is 1. The molecule has 0 aliphatic heterocycles. The van der Waals surface area contributed by atoms with Gasteiger partial charge in [-0.3, -0.25) is 4.98 Å². The van der Waals surface area contributed by atoms with Crippen LogP contribution in [-0.4, -0.2) is 4.98 Å². The van der Waals surface area contributed by atoms with E-state index in [9.17, 15) is 5.26 Å². The molecule has 0 aromatic carbocycles. The molecule has 0 spiro atoms. The van der Waals surface area contributed by atoms with Gasteiger partial charge in [0.05, 0.1) is 20.5 Å². The Hall–Kier alpha value is -1.34. The van der Waals surface area contributed by atoms with Crippen molar-refractivity contribution in [2.24, 2.45) is 0 Å². The Morgan fingerprint density at radius 2 is 2.24 bits per heavy atom. The molecule has 2 nitrogen and oxygen atoms in total. The third-order valence-corrected chi connectivity index (χ3v) is 3.95. The summed E-state index contributed by atoms with van der Waals surface area (Å²) in [5, 5.41) is 11.9. The van der Waals surface area contributed by atoms with Crippen LogP contribution in [0.1, 0.15) is 10.4 Å². The highest BCUT2D eigenvalue weighted by molar-refractivity contribution is 7.12. The molecule has 2 aromatic rings. The summed E-state index contributed by atoms with van der Waals surface area (Å²) in [4.78, 5) is 4.67. The van der Waals surface area contributed by atoms with Gasteiger partial charge in [-0.05, 0) is 17.5 Å². The summed E-state index contributed by atoms with van der Waals surface area (Å²) in [5.74, 6) is 0. The summed E-state index contributed by atoms with van der Waals surface area (Å²) < 4.78 is 0. The molecule has 0 bridgehead atoms. The number of halogens is 2. The number of thiophene rings is 1. The lowest BCUT2D eigenvalue weighted by Crippen LogP contribution is -1.85. The van der Waals surface area contributed by atoms with Gasteiger partial charge in [-0.15, -0.1) is 11.3 Å². The summed E-state index contributed by atoms with van der Waals surface area (Å²) in [6.07, 6.45) is 3.24. The minimum atomic E-state index is 0.362. The first-order chi connectivity index (χ1) is 8.24. The van der Waals surface area contributed by atoms with Crippen molar-refractivity contribution in [2.75, 3.05) is 0 Å². The van der Waals surface area contributed by atoms with Crippen LogP contribution in [0.5, 0.6) is 0 Å². The molecular weight excluding hydrogens is 275 g/mol. The van der Waals surface area contributed by atoms with Crippen molar-refractivity contribution >= 4 is 45.1 Å². The smallest absolute Gasteiger partial charge is 0.101 e. The van der Waals surface area contributed by atoms with E-state index in [0.29, 0.717) is 26.1 Å². The lowest BCUT2D eigenvalue weighted by Gasteiger charge is -2.02. The number of nitriles is 1. The van der Waals surface area contributed by atoms with E-state index in [0.717, 1.165) is 0 Å². The topological polar surface area (TPSA) is 36.7 Å². The van der Waals surface area contributed by atoms with Crippen molar-refractivity contribution in [3.63, 3.8) is 0 Å². The van der Waals surface area contributed by atoms with Crippen LogP contribution in [0.3, 0.4) is 0 Å². The van der Waals surface area contributed by atoms with Gasteiger partial charge in [-0.25, -0.2) is 0 Å². The fourth-order valence-corrected chi connectivity index (χ4v) is 2.84. The maximum Gasteiger partial charge on any atom is 0.101 e. The van der Waals surface area contributed by atoms with E-state index in [2.05, 4.69) is 11.1 Å². The Morgan fingerprint density at radius 1 is 1.41 bits per heavy atom. The zero-order chi connectivity index (χ0) is 12.3. The minimum Gasteiger partial charge on any atom is -0.264 e. The average molecular weight is 281 g/mol. The maximum absolute atomic E-state index is 9.18. The highest BCUT2D eigenvalue weighted by atomic mass is 35.5. The monoisotopic (exact) mass is 280 g/mol. The summed E-state index contributed by atoms with van der Waals surface area (Å²) >= 11 is 13.6. The fourth-order valence-electron chi connectivity index (χ4n) is 1.31. The van der Waals surface area contributed by atoms with Crippen molar-refractivity contribution in [1.29, 1.82) is 5.26 Å². The molecule has 0 saturated heterocycles. The van der Waals surface area contributed by atoms with Gasteiger partial charge in [0.15, 0.2) is 0 Å². The highest BCUT2D eigenvalue weighted by Gasteiger charge is 2.13. The molecule has 0 atom stereocenters. The molecule has 0 aliphatic rings. The number of hydrogen-bond donors (Lipinski definition) is 0. The van der Waals surface area contributed by atoms with E-state index >= 15 is 0 Å². The van der Waals surface area contributed by atoms with Gasteiger partial charge in [-0.2, -0.15) is 5.26 Å². The molecule has 84 valence electrons. The summed E-state index contributed by atoms with van der Waals surface area (Å²) in [6, 6.07) is 7.39. The molecule has 0 radical (unpaired) electrons. The Labute approximate surface area is 113 Å². The van der Waals surface area contributed by atoms with E-state index in [1.54, 1.807) is 30.6 Å². The van der Waals surface area contributed by atoms with Gasteiger partial charge < -0.3 is 0 Å². The van der Waals surface area contributed by atoms with Crippen molar-refractivity contribution in [1.82, 2.24) is 4.98 Å². The zero-order valence-electron chi connectivity index (χ0n) is 8.52. The van der Waals surface area contributed by atoms with Gasteiger partial charge in [0.25, 0.3) is 0 Å². The van der Waals surface area contributed by atoms with Gasteiger partial charge in [-0.1, -0.05) is 29.3 Å². The van der Waals surface area contributed by atoms with Crippen molar-refractivity contribution in [3.8, 4) is 6.07 Å². The quantitative estimate of drug-likeness (QED) is 0.763. The molecule has 0 amide bonds. The number of pyridine rings is 1. The van der Waals surface area contributed by atoms with Crippen molar-refractivity contribution in [2.45, 2.75) is 0 Å². The van der Waals surface area contributed by atoms with Gasteiger partial charge in [0.2, 0.25) is 0 Å². The molecule has 5 heteroatoms. The Kier molecular flexibility index (Phi) is 3.80. The number of aromatic nitrogens is 1. The van der Waals surface area contributed by atoms with Crippen LogP contribution in [0.25, 0.3) is 10.6 Å². The summed E-state index contributed by atoms with van der Waals surface area (Å²) in [5.41, 5.74) is 1.06. The van der Waals surface area contributed by atoms with Crippen LogP contribution in [0.2, 0.25) is 5.02 Å². The van der Waals surface area contributed by atoms with Crippen LogP contribution >= 0.6 is 34.5 Å². The van der Waals surface area contributed by atoms with E-state index in [4.69, 9.17) is 23.2 Å². The third-order valence-electron chi connectivity index (χ3n) is 2.10. The van der Waals surface area contributed by atoms with Gasteiger partial charge in [0.1, 0.15) is 6.07 Å². The molecule has 0 N–H and O–H groups in total. The van der Waals surface area contributed by atoms with Crippen LogP contribution in [-0.2, 0) is 0 Å². The second-order valence-electron chi connectivity index (χ2n) is 3.14. The fraction of sp³-hybridized carbons (Fsp3) is 0. The summed E-state index contributed by atoms with van der Waals surface area (Å²) in [7, 11) is 0. The minimum absolute atomic E-state index is 0.362.